The Morgan fingerprint density at radius 3 is 2.48 bits per heavy atom. The van der Waals surface area contributed by atoms with E-state index in [2.05, 4.69) is 15.9 Å². The fourth-order valence-electron chi connectivity index (χ4n) is 3.30. The normalized spacial score (nSPS) is 23.4. The summed E-state index contributed by atoms with van der Waals surface area (Å²) in [5.41, 5.74) is 0.313. The molecule has 1 spiro atoms. The Balaban J connectivity index is 1.71. The number of hydrogen-bond acceptors (Lipinski definition) is 4. The molecule has 0 amide bonds. The second-order valence-corrected chi connectivity index (χ2v) is 6.88. The van der Waals surface area contributed by atoms with Crippen molar-refractivity contribution in [2.45, 2.75) is 43.5 Å². The Bertz CT molecular complexity index is 501. The van der Waals surface area contributed by atoms with E-state index in [1.807, 2.05) is 18.2 Å². The average Bonchev–Trinajstić information content (AvgIpc) is 2.92. The summed E-state index contributed by atoms with van der Waals surface area (Å²) >= 11 is 3.48. The summed E-state index contributed by atoms with van der Waals surface area (Å²) in [5, 5.41) is 10.9. The Kier molecular flexibility index (Phi) is 4.28. The Labute approximate surface area is 133 Å². The summed E-state index contributed by atoms with van der Waals surface area (Å²) in [4.78, 5) is 0. The fraction of sp³-hybridized carbons (Fsp3) is 0.625. The van der Waals surface area contributed by atoms with Crippen molar-refractivity contribution in [1.29, 1.82) is 0 Å². The zero-order chi connectivity index (χ0) is 14.9. The van der Waals surface area contributed by atoms with E-state index in [-0.39, 0.29) is 0 Å². The Hall–Kier alpha value is -0.620. The molecule has 4 nitrogen and oxygen atoms in total. The molecule has 1 aromatic rings. The molecule has 2 aliphatic rings. The summed E-state index contributed by atoms with van der Waals surface area (Å²) < 4.78 is 17.8. The number of methoxy groups -OCH3 is 1. The van der Waals surface area contributed by atoms with E-state index < -0.39 is 11.4 Å². The summed E-state index contributed by atoms with van der Waals surface area (Å²) in [6.07, 6.45) is 3.46. The number of aliphatic hydroxyl groups is 1. The monoisotopic (exact) mass is 356 g/mol. The molecular weight excluding hydrogens is 336 g/mol. The van der Waals surface area contributed by atoms with Crippen LogP contribution in [0.1, 0.15) is 31.2 Å². The second-order valence-electron chi connectivity index (χ2n) is 5.96. The number of rotatable bonds is 3. The van der Waals surface area contributed by atoms with E-state index in [9.17, 15) is 5.11 Å². The molecule has 1 aliphatic heterocycles. The maximum atomic E-state index is 10.9. The minimum atomic E-state index is -0.714. The van der Waals surface area contributed by atoms with Gasteiger partial charge in [-0.3, -0.25) is 0 Å². The summed E-state index contributed by atoms with van der Waals surface area (Å²) in [7, 11) is 1.66. The lowest BCUT2D eigenvalue weighted by atomic mass is 9.77. The van der Waals surface area contributed by atoms with Gasteiger partial charge < -0.3 is 19.3 Å². The highest BCUT2D eigenvalue weighted by Gasteiger charge is 2.45. The standard InChI is InChI=1S/C16H21BrO4/c1-19-14-3-2-13(17)10-12(14)11-15(18)4-6-16(7-5-15)20-8-9-21-16/h2-3,10,18H,4-9,11H2,1H3. The molecule has 2 fully saturated rings. The van der Waals surface area contributed by atoms with Crippen molar-refractivity contribution in [3.05, 3.63) is 28.2 Å². The van der Waals surface area contributed by atoms with Crippen LogP contribution in [0, 0.1) is 0 Å². The van der Waals surface area contributed by atoms with Crippen LogP contribution < -0.4 is 4.74 Å². The van der Waals surface area contributed by atoms with Gasteiger partial charge in [0.2, 0.25) is 0 Å². The van der Waals surface area contributed by atoms with Crippen LogP contribution in [-0.4, -0.2) is 36.8 Å². The van der Waals surface area contributed by atoms with E-state index in [1.54, 1.807) is 7.11 Å². The molecule has 1 aromatic carbocycles. The van der Waals surface area contributed by atoms with Gasteiger partial charge in [-0.15, -0.1) is 0 Å². The molecule has 21 heavy (non-hydrogen) atoms. The van der Waals surface area contributed by atoms with Crippen LogP contribution in [0.4, 0.5) is 0 Å². The maximum absolute atomic E-state index is 10.9. The van der Waals surface area contributed by atoms with E-state index in [0.29, 0.717) is 32.5 Å². The highest BCUT2D eigenvalue weighted by Crippen LogP contribution is 2.42. The number of hydrogen-bond donors (Lipinski definition) is 1. The first-order valence-corrected chi connectivity index (χ1v) is 8.16. The molecule has 1 N–H and O–H groups in total. The zero-order valence-electron chi connectivity index (χ0n) is 12.2. The molecule has 1 saturated carbocycles. The smallest absolute Gasteiger partial charge is 0.168 e. The molecule has 0 radical (unpaired) electrons. The second kappa shape index (κ2) is 5.88. The van der Waals surface area contributed by atoms with Gasteiger partial charge in [-0.05, 0) is 36.6 Å². The van der Waals surface area contributed by atoms with Crippen LogP contribution in [0.3, 0.4) is 0 Å². The average molecular weight is 357 g/mol. The third kappa shape index (κ3) is 3.26. The number of ether oxygens (including phenoxy) is 3. The van der Waals surface area contributed by atoms with E-state index >= 15 is 0 Å². The minimum absolute atomic E-state index is 0.437. The Morgan fingerprint density at radius 2 is 1.86 bits per heavy atom. The fourth-order valence-corrected chi connectivity index (χ4v) is 3.71. The van der Waals surface area contributed by atoms with Gasteiger partial charge in [0, 0.05) is 23.7 Å². The molecule has 0 unspecified atom stereocenters. The van der Waals surface area contributed by atoms with Crippen LogP contribution in [0.15, 0.2) is 22.7 Å². The van der Waals surface area contributed by atoms with Crippen molar-refractivity contribution in [3.63, 3.8) is 0 Å². The molecule has 0 aromatic heterocycles. The lowest BCUT2D eigenvalue weighted by Crippen LogP contribution is -2.44. The zero-order valence-corrected chi connectivity index (χ0v) is 13.8. The highest BCUT2D eigenvalue weighted by molar-refractivity contribution is 9.10. The van der Waals surface area contributed by atoms with Gasteiger partial charge in [-0.25, -0.2) is 0 Å². The third-order valence-electron chi connectivity index (χ3n) is 4.52. The van der Waals surface area contributed by atoms with Gasteiger partial charge in [0.1, 0.15) is 5.75 Å². The molecule has 3 rings (SSSR count). The SMILES string of the molecule is COc1ccc(Br)cc1CC1(O)CCC2(CC1)OCCO2. The lowest BCUT2D eigenvalue weighted by molar-refractivity contribution is -0.202. The number of benzene rings is 1. The van der Waals surface area contributed by atoms with Crippen LogP contribution in [0.5, 0.6) is 5.75 Å². The van der Waals surface area contributed by atoms with Crippen LogP contribution >= 0.6 is 15.9 Å². The summed E-state index contributed by atoms with van der Waals surface area (Å²) in [6.45, 7) is 1.33. The third-order valence-corrected chi connectivity index (χ3v) is 5.01. The molecule has 1 saturated heterocycles. The molecule has 0 atom stereocenters. The van der Waals surface area contributed by atoms with E-state index in [0.717, 1.165) is 28.6 Å². The van der Waals surface area contributed by atoms with E-state index in [4.69, 9.17) is 14.2 Å². The topological polar surface area (TPSA) is 47.9 Å². The molecule has 116 valence electrons. The van der Waals surface area contributed by atoms with Crippen molar-refractivity contribution in [1.82, 2.24) is 0 Å². The number of halogens is 1. The summed E-state index contributed by atoms with van der Waals surface area (Å²) in [6, 6.07) is 5.89. The predicted octanol–water partition coefficient (Wildman–Crippen LogP) is 3.05. The van der Waals surface area contributed by atoms with Crippen LogP contribution in [-0.2, 0) is 15.9 Å². The maximum Gasteiger partial charge on any atom is 0.168 e. The van der Waals surface area contributed by atoms with Gasteiger partial charge in [0.05, 0.1) is 25.9 Å². The van der Waals surface area contributed by atoms with Crippen molar-refractivity contribution in [2.75, 3.05) is 20.3 Å². The van der Waals surface area contributed by atoms with Crippen molar-refractivity contribution < 1.29 is 19.3 Å². The predicted molar refractivity (Wildman–Crippen MR) is 82.5 cm³/mol. The molecule has 0 bridgehead atoms. The Morgan fingerprint density at radius 1 is 1.19 bits per heavy atom. The molecule has 1 heterocycles. The van der Waals surface area contributed by atoms with Crippen molar-refractivity contribution in [3.8, 4) is 5.75 Å². The van der Waals surface area contributed by atoms with Gasteiger partial charge in [-0.1, -0.05) is 15.9 Å². The molecular formula is C16H21BrO4. The first-order chi connectivity index (χ1) is 10.0. The minimum Gasteiger partial charge on any atom is -0.496 e. The highest BCUT2D eigenvalue weighted by atomic mass is 79.9. The van der Waals surface area contributed by atoms with Gasteiger partial charge in [0.15, 0.2) is 5.79 Å². The lowest BCUT2D eigenvalue weighted by Gasteiger charge is -2.40. The largest absolute Gasteiger partial charge is 0.496 e. The van der Waals surface area contributed by atoms with Crippen molar-refractivity contribution >= 4 is 15.9 Å². The quantitative estimate of drug-likeness (QED) is 0.903. The molecule has 5 heteroatoms. The molecule has 1 aliphatic carbocycles. The summed E-state index contributed by atoms with van der Waals surface area (Å²) in [5.74, 6) is 0.383. The van der Waals surface area contributed by atoms with Gasteiger partial charge >= 0.3 is 0 Å². The van der Waals surface area contributed by atoms with Gasteiger partial charge in [-0.2, -0.15) is 0 Å². The van der Waals surface area contributed by atoms with Crippen LogP contribution in [0.2, 0.25) is 0 Å². The van der Waals surface area contributed by atoms with Crippen molar-refractivity contribution in [2.24, 2.45) is 0 Å². The van der Waals surface area contributed by atoms with Crippen LogP contribution in [0.25, 0.3) is 0 Å². The first kappa shape index (κ1) is 15.3. The van der Waals surface area contributed by atoms with E-state index in [1.165, 1.54) is 0 Å². The van der Waals surface area contributed by atoms with Gasteiger partial charge in [0.25, 0.3) is 0 Å². The first-order valence-electron chi connectivity index (χ1n) is 7.37.